The summed E-state index contributed by atoms with van der Waals surface area (Å²) in [5, 5.41) is 3.04. The van der Waals surface area contributed by atoms with Crippen LogP contribution in [0.15, 0.2) is 60.7 Å². The third-order valence-corrected chi connectivity index (χ3v) is 6.84. The van der Waals surface area contributed by atoms with Gasteiger partial charge in [-0.25, -0.2) is 0 Å². The predicted molar refractivity (Wildman–Crippen MR) is 97.2 cm³/mol. The van der Waals surface area contributed by atoms with Gasteiger partial charge in [0.15, 0.2) is 0 Å². The fraction of sp³-hybridized carbons (Fsp3) is 0.400. The lowest BCUT2D eigenvalue weighted by molar-refractivity contribution is 0.498. The molecule has 2 rings (SSSR count). The Labute approximate surface area is 131 Å². The standard InChI is InChI=1S/C20H27P/c1-3-5-12-18(4-2)17-21(19-13-8-6-9-14-19)20-15-10-7-11-16-20/h6-11,13-16,18H,3-5,12,17H2,1-2H3. The van der Waals surface area contributed by atoms with Gasteiger partial charge in [0.25, 0.3) is 0 Å². The molecule has 0 saturated carbocycles. The van der Waals surface area contributed by atoms with Gasteiger partial charge in [-0.05, 0) is 30.6 Å². The van der Waals surface area contributed by atoms with Crippen LogP contribution in [0.3, 0.4) is 0 Å². The zero-order valence-corrected chi connectivity index (χ0v) is 14.2. The van der Waals surface area contributed by atoms with E-state index in [4.69, 9.17) is 0 Å². The predicted octanol–water partition coefficient (Wildman–Crippen LogP) is 5.34. The maximum absolute atomic E-state index is 2.35. The summed E-state index contributed by atoms with van der Waals surface area (Å²) in [7, 11) is -0.213. The summed E-state index contributed by atoms with van der Waals surface area (Å²) < 4.78 is 0. The molecule has 0 aliphatic heterocycles. The van der Waals surface area contributed by atoms with E-state index in [-0.39, 0.29) is 7.92 Å². The SMILES string of the molecule is CCCCC(CC)CP(c1ccccc1)c1ccccc1. The first-order valence-corrected chi connectivity index (χ1v) is 9.75. The molecule has 1 heteroatoms. The van der Waals surface area contributed by atoms with Gasteiger partial charge in [0.05, 0.1) is 0 Å². The van der Waals surface area contributed by atoms with E-state index in [1.54, 1.807) is 0 Å². The molecule has 0 bridgehead atoms. The molecule has 0 aromatic heterocycles. The molecule has 21 heavy (non-hydrogen) atoms. The minimum absolute atomic E-state index is 0.213. The number of hydrogen-bond donors (Lipinski definition) is 0. The largest absolute Gasteiger partial charge is 0.0654 e. The molecule has 0 spiro atoms. The Balaban J connectivity index is 2.20. The Morgan fingerprint density at radius 1 is 0.810 bits per heavy atom. The van der Waals surface area contributed by atoms with Gasteiger partial charge in [0.1, 0.15) is 0 Å². The van der Waals surface area contributed by atoms with E-state index in [0.717, 1.165) is 5.92 Å². The molecule has 0 saturated heterocycles. The topological polar surface area (TPSA) is 0 Å². The highest BCUT2D eigenvalue weighted by Gasteiger charge is 2.18. The van der Waals surface area contributed by atoms with Crippen LogP contribution in [0.2, 0.25) is 0 Å². The quantitative estimate of drug-likeness (QED) is 0.577. The first-order chi connectivity index (χ1) is 10.3. The third-order valence-electron chi connectivity index (χ3n) is 4.12. The van der Waals surface area contributed by atoms with Gasteiger partial charge in [-0.1, -0.05) is 100 Å². The lowest BCUT2D eigenvalue weighted by Crippen LogP contribution is -2.18. The Kier molecular flexibility index (Phi) is 6.96. The second-order valence-corrected chi connectivity index (χ2v) is 7.95. The van der Waals surface area contributed by atoms with Gasteiger partial charge in [-0.3, -0.25) is 0 Å². The van der Waals surface area contributed by atoms with Crippen molar-refractivity contribution in [1.82, 2.24) is 0 Å². The number of benzene rings is 2. The molecule has 2 aromatic rings. The van der Waals surface area contributed by atoms with Crippen LogP contribution < -0.4 is 10.6 Å². The van der Waals surface area contributed by atoms with Crippen molar-refractivity contribution in [2.45, 2.75) is 39.5 Å². The molecule has 1 unspecified atom stereocenters. The summed E-state index contributed by atoms with van der Waals surface area (Å²) in [4.78, 5) is 0. The highest BCUT2D eigenvalue weighted by atomic mass is 31.1. The normalized spacial score (nSPS) is 12.5. The Morgan fingerprint density at radius 2 is 1.33 bits per heavy atom. The van der Waals surface area contributed by atoms with Crippen molar-refractivity contribution in [3.05, 3.63) is 60.7 Å². The van der Waals surface area contributed by atoms with Crippen LogP contribution in [0.1, 0.15) is 39.5 Å². The zero-order chi connectivity index (χ0) is 14.9. The molecule has 0 nitrogen and oxygen atoms in total. The summed E-state index contributed by atoms with van der Waals surface area (Å²) in [6.07, 6.45) is 6.69. The van der Waals surface area contributed by atoms with Crippen molar-refractivity contribution in [2.75, 3.05) is 6.16 Å². The average Bonchev–Trinajstić information content (AvgIpc) is 2.57. The highest BCUT2D eigenvalue weighted by Crippen LogP contribution is 2.37. The van der Waals surface area contributed by atoms with E-state index in [1.807, 2.05) is 0 Å². The fourth-order valence-corrected chi connectivity index (χ4v) is 5.49. The van der Waals surface area contributed by atoms with Crippen molar-refractivity contribution in [2.24, 2.45) is 5.92 Å². The van der Waals surface area contributed by atoms with E-state index in [9.17, 15) is 0 Å². The van der Waals surface area contributed by atoms with Crippen LogP contribution >= 0.6 is 7.92 Å². The first-order valence-electron chi connectivity index (χ1n) is 8.22. The van der Waals surface area contributed by atoms with Gasteiger partial charge in [-0.2, -0.15) is 0 Å². The van der Waals surface area contributed by atoms with Crippen molar-refractivity contribution < 1.29 is 0 Å². The van der Waals surface area contributed by atoms with Crippen LogP contribution in [-0.2, 0) is 0 Å². The van der Waals surface area contributed by atoms with Gasteiger partial charge in [0.2, 0.25) is 0 Å². The van der Waals surface area contributed by atoms with Crippen molar-refractivity contribution >= 4 is 18.5 Å². The van der Waals surface area contributed by atoms with Crippen LogP contribution in [-0.4, -0.2) is 6.16 Å². The van der Waals surface area contributed by atoms with E-state index in [0.29, 0.717) is 0 Å². The zero-order valence-electron chi connectivity index (χ0n) is 13.3. The van der Waals surface area contributed by atoms with Crippen molar-refractivity contribution in [1.29, 1.82) is 0 Å². The molecule has 0 aliphatic rings. The summed E-state index contributed by atoms with van der Waals surface area (Å²) in [6.45, 7) is 4.65. The molecular formula is C20H27P. The molecule has 112 valence electrons. The lowest BCUT2D eigenvalue weighted by Gasteiger charge is -2.24. The fourth-order valence-electron chi connectivity index (χ4n) is 2.75. The van der Waals surface area contributed by atoms with Gasteiger partial charge in [0, 0.05) is 0 Å². The third kappa shape index (κ3) is 4.97. The molecule has 0 heterocycles. The molecule has 0 fully saturated rings. The Morgan fingerprint density at radius 3 is 1.76 bits per heavy atom. The smallest absolute Gasteiger partial charge is 0.0195 e. The van der Waals surface area contributed by atoms with E-state index in [2.05, 4.69) is 74.5 Å². The minimum Gasteiger partial charge on any atom is -0.0654 e. The molecule has 0 aliphatic carbocycles. The van der Waals surface area contributed by atoms with E-state index in [1.165, 1.54) is 42.5 Å². The molecule has 1 atom stereocenters. The van der Waals surface area contributed by atoms with Gasteiger partial charge < -0.3 is 0 Å². The second kappa shape index (κ2) is 9.00. The lowest BCUT2D eigenvalue weighted by atomic mass is 10.0. The molecule has 2 aromatic carbocycles. The van der Waals surface area contributed by atoms with Crippen molar-refractivity contribution in [3.8, 4) is 0 Å². The number of rotatable bonds is 8. The Bertz CT molecular complexity index is 452. The van der Waals surface area contributed by atoms with Crippen molar-refractivity contribution in [3.63, 3.8) is 0 Å². The van der Waals surface area contributed by atoms with E-state index >= 15 is 0 Å². The van der Waals surface area contributed by atoms with Crippen LogP contribution in [0.4, 0.5) is 0 Å². The first kappa shape index (κ1) is 16.2. The Hall–Kier alpha value is -1.13. The van der Waals surface area contributed by atoms with Crippen LogP contribution in [0, 0.1) is 5.92 Å². The minimum atomic E-state index is -0.213. The van der Waals surface area contributed by atoms with Gasteiger partial charge in [-0.15, -0.1) is 0 Å². The summed E-state index contributed by atoms with van der Waals surface area (Å²) in [5.41, 5.74) is 0. The summed E-state index contributed by atoms with van der Waals surface area (Å²) in [6, 6.07) is 22.2. The van der Waals surface area contributed by atoms with Crippen LogP contribution in [0.5, 0.6) is 0 Å². The van der Waals surface area contributed by atoms with Gasteiger partial charge >= 0.3 is 0 Å². The monoisotopic (exact) mass is 298 g/mol. The number of hydrogen-bond acceptors (Lipinski definition) is 0. The molecule has 0 radical (unpaired) electrons. The average molecular weight is 298 g/mol. The molecule has 0 N–H and O–H groups in total. The number of unbranched alkanes of at least 4 members (excludes halogenated alkanes) is 1. The summed E-state index contributed by atoms with van der Waals surface area (Å²) in [5.74, 6) is 0.858. The molecule has 0 amide bonds. The van der Waals surface area contributed by atoms with E-state index < -0.39 is 0 Å². The highest BCUT2D eigenvalue weighted by molar-refractivity contribution is 7.73. The maximum atomic E-state index is 2.35. The second-order valence-electron chi connectivity index (χ2n) is 5.70. The molecular weight excluding hydrogens is 271 g/mol. The van der Waals surface area contributed by atoms with Crippen LogP contribution in [0.25, 0.3) is 0 Å². The summed E-state index contributed by atoms with van der Waals surface area (Å²) >= 11 is 0. The maximum Gasteiger partial charge on any atom is -0.0195 e.